The van der Waals surface area contributed by atoms with Crippen LogP contribution in [0.4, 0.5) is 0 Å². The minimum atomic E-state index is -2.03. The summed E-state index contributed by atoms with van der Waals surface area (Å²) in [6, 6.07) is 0. The monoisotopic (exact) mass is 772 g/mol. The zero-order valence-corrected chi connectivity index (χ0v) is 30.6. The Bertz CT molecular complexity index is 2470. The fourth-order valence-corrected chi connectivity index (χ4v) is 5.92. The molecule has 1 aromatic rings. The van der Waals surface area contributed by atoms with E-state index in [1.54, 1.807) is 11.9 Å². The van der Waals surface area contributed by atoms with Crippen molar-refractivity contribution in [3.05, 3.63) is 78.3 Å². The highest BCUT2D eigenvalue weighted by Gasteiger charge is 2.34. The lowest BCUT2D eigenvalue weighted by Crippen LogP contribution is -2.39. The average Bonchev–Trinajstić information content (AvgIpc) is 3.22. The molecule has 14 nitrogen and oxygen atoms in total. The second-order valence-corrected chi connectivity index (χ2v) is 11.9. The van der Waals surface area contributed by atoms with Crippen molar-refractivity contribution in [1.82, 2.24) is 0 Å². The number of carboxylic acid groups (broad SMARTS) is 1. The van der Waals surface area contributed by atoms with E-state index >= 15 is 0 Å². The average molecular weight is 773 g/mol. The van der Waals surface area contributed by atoms with Crippen LogP contribution in [0.1, 0.15) is 111 Å². The van der Waals surface area contributed by atoms with Gasteiger partial charge in [0.25, 0.3) is 0 Å². The van der Waals surface area contributed by atoms with Crippen molar-refractivity contribution in [1.29, 1.82) is 0 Å². The van der Waals surface area contributed by atoms with E-state index in [4.69, 9.17) is 0 Å². The largest absolute Gasteiger partial charge is 0.478 e. The number of unbranched alkanes of at least 4 members (excludes halogenated alkanes) is 9. The molecule has 0 aromatic heterocycles. The lowest BCUT2D eigenvalue weighted by Gasteiger charge is -2.20. The van der Waals surface area contributed by atoms with Crippen LogP contribution in [-0.2, 0) is 64.0 Å². The van der Waals surface area contributed by atoms with Crippen molar-refractivity contribution >= 4 is 88.4 Å². The van der Waals surface area contributed by atoms with Gasteiger partial charge in [0.1, 0.15) is 71.3 Å². The van der Waals surface area contributed by atoms with Crippen molar-refractivity contribution in [3.63, 3.8) is 0 Å². The van der Waals surface area contributed by atoms with Crippen LogP contribution in [0.15, 0.2) is 45.6 Å². The molecule has 1 rings (SSSR count). The standard InChI is InChI=1S/C43H32O14/c1-2-3-4-5-9-12-15-31-33(22-49)39(28-55)42(43(56)57)41(40(31)30(20-47)14-11-8-6-7-10-13-17-44)38(27-54)37(26-53)36(25-52)35(24-51)34(23-50)32(21-48)29(19-46)16-18-45/h13,16H,2-12,14-15H2,1H3,(H,56,57). The molecule has 0 amide bonds. The molecule has 0 bridgehead atoms. The van der Waals surface area contributed by atoms with Crippen molar-refractivity contribution in [2.24, 2.45) is 0 Å². The van der Waals surface area contributed by atoms with Gasteiger partial charge in [0.15, 0.2) is 0 Å². The molecule has 57 heavy (non-hydrogen) atoms. The van der Waals surface area contributed by atoms with Crippen LogP contribution >= 0.6 is 0 Å². The first-order chi connectivity index (χ1) is 27.7. The van der Waals surface area contributed by atoms with Crippen molar-refractivity contribution in [3.8, 4) is 0 Å². The molecule has 288 valence electrons. The molecule has 1 N–H and O–H groups in total. The normalized spacial score (nSPS) is 9.14. The summed E-state index contributed by atoms with van der Waals surface area (Å²) in [7, 11) is 0. The minimum Gasteiger partial charge on any atom is -0.478 e. The Labute approximate surface area is 324 Å². The van der Waals surface area contributed by atoms with Gasteiger partial charge in [0.2, 0.25) is 0 Å². The van der Waals surface area contributed by atoms with Gasteiger partial charge in [-0.05, 0) is 50.2 Å². The smallest absolute Gasteiger partial charge is 0.337 e. The zero-order chi connectivity index (χ0) is 42.8. The van der Waals surface area contributed by atoms with Gasteiger partial charge in [0.05, 0.1) is 55.0 Å². The van der Waals surface area contributed by atoms with E-state index in [1.807, 2.05) is 6.92 Å². The summed E-state index contributed by atoms with van der Waals surface area (Å²) in [5, 5.41) is 8.85. The van der Waals surface area contributed by atoms with Crippen LogP contribution in [0.25, 0.3) is 11.1 Å². The number of hydrogen-bond acceptors (Lipinski definition) is 13. The summed E-state index contributed by atoms with van der Waals surface area (Å²) >= 11 is 0. The molecule has 0 fully saturated rings. The molecule has 0 saturated carbocycles. The molecule has 0 unspecified atom stereocenters. The van der Waals surface area contributed by atoms with Gasteiger partial charge in [-0.15, -0.1) is 0 Å². The summed E-state index contributed by atoms with van der Waals surface area (Å²) in [6.45, 7) is 1.99. The van der Waals surface area contributed by atoms with Crippen LogP contribution < -0.4 is 10.4 Å². The molecule has 14 heteroatoms. The summed E-state index contributed by atoms with van der Waals surface area (Å²) in [4.78, 5) is 158. The Balaban J connectivity index is 4.53. The van der Waals surface area contributed by atoms with Crippen LogP contribution in [0, 0.1) is 0 Å². The predicted octanol–water partition coefficient (Wildman–Crippen LogP) is 1.39. The van der Waals surface area contributed by atoms with Crippen LogP contribution in [0.3, 0.4) is 0 Å². The Morgan fingerprint density at radius 1 is 0.526 bits per heavy atom. The molecular formula is C43H32O14. The molecule has 0 aliphatic carbocycles. The molecule has 0 radical (unpaired) electrons. The number of benzene rings is 1. The molecule has 0 spiro atoms. The van der Waals surface area contributed by atoms with Crippen LogP contribution in [0.5, 0.6) is 0 Å². The number of carbonyl (C=O) groups excluding carboxylic acids is 12. The van der Waals surface area contributed by atoms with E-state index in [0.717, 1.165) is 60.9 Å². The maximum absolute atomic E-state index is 13.0. The van der Waals surface area contributed by atoms with E-state index in [0.29, 0.717) is 44.6 Å². The molecule has 0 aliphatic heterocycles. The summed E-state index contributed by atoms with van der Waals surface area (Å²) in [5.41, 5.74) is -12.3. The minimum absolute atomic E-state index is 0.143. The fraction of sp³-hybridized carbons (Fsp3) is 0.326. The molecule has 0 aliphatic rings. The molecular weight excluding hydrogens is 740 g/mol. The highest BCUT2D eigenvalue weighted by Crippen LogP contribution is 2.37. The first kappa shape index (κ1) is 47.4. The summed E-state index contributed by atoms with van der Waals surface area (Å²) in [6.07, 6.45) is 7.59. The van der Waals surface area contributed by atoms with Gasteiger partial charge in [-0.2, -0.15) is 0 Å². The maximum Gasteiger partial charge on any atom is 0.337 e. The van der Waals surface area contributed by atoms with E-state index in [1.165, 1.54) is 23.9 Å². The van der Waals surface area contributed by atoms with Crippen LogP contribution in [-0.4, -0.2) is 82.4 Å². The third kappa shape index (κ3) is 12.2. The second-order valence-electron chi connectivity index (χ2n) is 11.9. The van der Waals surface area contributed by atoms with Gasteiger partial charge in [0, 0.05) is 22.8 Å². The van der Waals surface area contributed by atoms with Gasteiger partial charge in [-0.1, -0.05) is 51.9 Å². The Kier molecular flexibility index (Phi) is 21.8. The Morgan fingerprint density at radius 3 is 1.56 bits per heavy atom. The fourth-order valence-electron chi connectivity index (χ4n) is 5.92. The molecule has 0 saturated heterocycles. The number of allylic oxidation sites excluding steroid dienone is 10. The number of aromatic carboxylic acids is 1. The number of carbonyl (C=O) groups is 1. The van der Waals surface area contributed by atoms with Crippen molar-refractivity contribution in [2.75, 3.05) is 0 Å². The van der Waals surface area contributed by atoms with Gasteiger partial charge < -0.3 is 5.11 Å². The van der Waals surface area contributed by atoms with E-state index < -0.39 is 72.1 Å². The van der Waals surface area contributed by atoms with Crippen molar-refractivity contribution in [2.45, 2.75) is 90.4 Å². The highest BCUT2D eigenvalue weighted by molar-refractivity contribution is 6.15. The Hall–Kier alpha value is -7.65. The molecule has 0 heterocycles. The lowest BCUT2D eigenvalue weighted by molar-refractivity contribution is 0.0695. The van der Waals surface area contributed by atoms with Crippen molar-refractivity contribution < 1.29 is 67.4 Å². The Morgan fingerprint density at radius 2 is 1.07 bits per heavy atom. The van der Waals surface area contributed by atoms with Crippen LogP contribution in [0.2, 0.25) is 0 Å². The second kappa shape index (κ2) is 26.2. The van der Waals surface area contributed by atoms with Gasteiger partial charge in [-0.25, -0.2) is 62.3 Å². The number of hydrogen-bond donors (Lipinski definition) is 1. The maximum atomic E-state index is 13.0. The number of rotatable bonds is 24. The van der Waals surface area contributed by atoms with E-state index in [2.05, 4.69) is 0 Å². The number of carboxylic acids is 1. The first-order valence-corrected chi connectivity index (χ1v) is 17.3. The first-order valence-electron chi connectivity index (χ1n) is 17.3. The third-order valence-electron chi connectivity index (χ3n) is 8.53. The predicted molar refractivity (Wildman–Crippen MR) is 201 cm³/mol. The third-order valence-corrected chi connectivity index (χ3v) is 8.53. The quantitative estimate of drug-likeness (QED) is 0.0887. The van der Waals surface area contributed by atoms with E-state index in [9.17, 15) is 67.4 Å². The van der Waals surface area contributed by atoms with Gasteiger partial charge in [-0.3, -0.25) is 0 Å². The summed E-state index contributed by atoms with van der Waals surface area (Å²) < 4.78 is 0. The summed E-state index contributed by atoms with van der Waals surface area (Å²) in [5.74, 6) is 13.2. The lowest BCUT2D eigenvalue weighted by atomic mass is 9.78. The molecule has 0 atom stereocenters. The molecule has 1 aromatic carbocycles. The van der Waals surface area contributed by atoms with Gasteiger partial charge >= 0.3 is 5.97 Å². The zero-order valence-electron chi connectivity index (χ0n) is 30.6. The SMILES string of the molecule is CCCCCCCCc1c(C(=C=O)CCCCCCC=C=O)c(C(=C=O)C(=C=O)C(=C=O)C(=C=O)C(=C=O)C(=C=O)C(=C=O)C=C=O)c(C(=O)O)c(=C=O)c1=C=O. The topological polar surface area (TPSA) is 242 Å². The van der Waals surface area contributed by atoms with E-state index in [-0.39, 0.29) is 36.8 Å². The highest BCUT2D eigenvalue weighted by atomic mass is 16.4.